The van der Waals surface area contributed by atoms with Gasteiger partial charge in [-0.15, -0.1) is 0 Å². The van der Waals surface area contributed by atoms with Crippen molar-refractivity contribution in [2.75, 3.05) is 5.73 Å². The smallest absolute Gasteiger partial charge is 0.145 e. The first kappa shape index (κ1) is 19.7. The molecule has 0 spiro atoms. The van der Waals surface area contributed by atoms with Gasteiger partial charge in [-0.1, -0.05) is 78.1 Å². The Morgan fingerprint density at radius 3 is 2.08 bits per heavy atom. The number of nitrogens with zero attached hydrogens (tertiary/aromatic N) is 3. The summed E-state index contributed by atoms with van der Waals surface area (Å²) in [6.45, 7) is 4.55. The summed E-state index contributed by atoms with van der Waals surface area (Å²) in [6, 6.07) is 2.61. The van der Waals surface area contributed by atoms with Crippen molar-refractivity contribution in [1.82, 2.24) is 14.5 Å². The molecule has 0 amide bonds. The van der Waals surface area contributed by atoms with Crippen LogP contribution in [-0.2, 0) is 0 Å². The first-order valence-corrected chi connectivity index (χ1v) is 10.3. The second-order valence-electron chi connectivity index (χ2n) is 7.28. The molecule has 2 N–H and O–H groups in total. The van der Waals surface area contributed by atoms with E-state index in [1.807, 2.05) is 0 Å². The monoisotopic (exact) mass is 344 g/mol. The fourth-order valence-corrected chi connectivity index (χ4v) is 3.67. The third-order valence-electron chi connectivity index (χ3n) is 5.22. The van der Waals surface area contributed by atoms with Gasteiger partial charge in [-0.3, -0.25) is 0 Å². The lowest BCUT2D eigenvalue weighted by molar-refractivity contribution is 0.402. The molecule has 0 unspecified atom stereocenters. The lowest BCUT2D eigenvalue weighted by Crippen LogP contribution is -2.09. The Morgan fingerprint density at radius 1 is 0.880 bits per heavy atom. The van der Waals surface area contributed by atoms with Gasteiger partial charge in [-0.2, -0.15) is 0 Å². The highest BCUT2D eigenvalue weighted by Crippen LogP contribution is 2.28. The standard InChI is InChI=1S/C21H36N4/c1-3-5-7-9-11-13-18(14-12-10-8-6-4-2)25-16-15-19-20(22)23-17-24-21(19)25/h15-18H,3-14H2,1-2H3,(H2,22,23,24). The summed E-state index contributed by atoms with van der Waals surface area (Å²) in [6.07, 6.45) is 19.6. The first-order valence-electron chi connectivity index (χ1n) is 10.3. The maximum Gasteiger partial charge on any atom is 0.145 e. The first-order chi connectivity index (χ1) is 12.3. The van der Waals surface area contributed by atoms with Crippen LogP contribution in [0, 0.1) is 0 Å². The van der Waals surface area contributed by atoms with Gasteiger partial charge in [0.15, 0.2) is 0 Å². The zero-order chi connectivity index (χ0) is 17.9. The highest BCUT2D eigenvalue weighted by molar-refractivity contribution is 5.86. The Labute approximate surface area is 153 Å². The Hall–Kier alpha value is -1.58. The molecule has 0 saturated carbocycles. The topological polar surface area (TPSA) is 56.7 Å². The summed E-state index contributed by atoms with van der Waals surface area (Å²) in [7, 11) is 0. The minimum absolute atomic E-state index is 0.537. The fourth-order valence-electron chi connectivity index (χ4n) is 3.67. The van der Waals surface area contributed by atoms with Crippen molar-refractivity contribution < 1.29 is 0 Å². The van der Waals surface area contributed by atoms with Gasteiger partial charge in [0.2, 0.25) is 0 Å². The second kappa shape index (κ2) is 11.1. The quantitative estimate of drug-likeness (QED) is 0.435. The number of nitrogen functional groups attached to an aromatic ring is 1. The summed E-state index contributed by atoms with van der Waals surface area (Å²) in [5.74, 6) is 0.591. The Kier molecular flexibility index (Phi) is 8.78. The van der Waals surface area contributed by atoms with E-state index in [1.54, 1.807) is 6.33 Å². The third-order valence-corrected chi connectivity index (χ3v) is 5.22. The maximum absolute atomic E-state index is 6.02. The van der Waals surface area contributed by atoms with Crippen LogP contribution in [0.25, 0.3) is 11.0 Å². The number of hydrogen-bond donors (Lipinski definition) is 1. The van der Waals surface area contributed by atoms with Crippen molar-refractivity contribution in [3.63, 3.8) is 0 Å². The molecule has 2 aromatic heterocycles. The van der Waals surface area contributed by atoms with E-state index in [-0.39, 0.29) is 0 Å². The molecule has 0 aliphatic rings. The summed E-state index contributed by atoms with van der Waals surface area (Å²) in [4.78, 5) is 8.64. The number of anilines is 1. The van der Waals surface area contributed by atoms with Crippen LogP contribution < -0.4 is 5.73 Å². The van der Waals surface area contributed by atoms with Crippen LogP contribution in [0.15, 0.2) is 18.6 Å². The van der Waals surface area contributed by atoms with Gasteiger partial charge in [0.1, 0.15) is 17.8 Å². The van der Waals surface area contributed by atoms with Crippen LogP contribution in [0.1, 0.15) is 96.9 Å². The van der Waals surface area contributed by atoms with E-state index >= 15 is 0 Å². The minimum Gasteiger partial charge on any atom is -0.383 e. The molecule has 0 radical (unpaired) electrons. The molecule has 25 heavy (non-hydrogen) atoms. The van der Waals surface area contributed by atoms with Crippen LogP contribution >= 0.6 is 0 Å². The van der Waals surface area contributed by atoms with Crippen molar-refractivity contribution in [3.8, 4) is 0 Å². The molecule has 2 aromatic rings. The number of aromatic nitrogens is 3. The molecule has 0 aliphatic carbocycles. The molecule has 0 aliphatic heterocycles. The van der Waals surface area contributed by atoms with Gasteiger partial charge in [-0.05, 0) is 18.9 Å². The Bertz CT molecular complexity index is 591. The Balaban J connectivity index is 2.00. The number of hydrogen-bond acceptors (Lipinski definition) is 3. The molecule has 0 atom stereocenters. The van der Waals surface area contributed by atoms with Gasteiger partial charge in [0, 0.05) is 12.2 Å². The van der Waals surface area contributed by atoms with E-state index < -0.39 is 0 Å². The van der Waals surface area contributed by atoms with Gasteiger partial charge in [0.25, 0.3) is 0 Å². The maximum atomic E-state index is 6.02. The largest absolute Gasteiger partial charge is 0.383 e. The van der Waals surface area contributed by atoms with Crippen molar-refractivity contribution in [3.05, 3.63) is 18.6 Å². The molecular formula is C21H36N4. The van der Waals surface area contributed by atoms with Gasteiger partial charge in [0.05, 0.1) is 5.39 Å². The van der Waals surface area contributed by atoms with E-state index in [4.69, 9.17) is 5.73 Å². The molecule has 2 rings (SSSR count). The summed E-state index contributed by atoms with van der Waals surface area (Å²) >= 11 is 0. The number of unbranched alkanes of at least 4 members (excludes halogenated alkanes) is 8. The number of rotatable bonds is 13. The van der Waals surface area contributed by atoms with Crippen molar-refractivity contribution in [2.24, 2.45) is 0 Å². The average molecular weight is 345 g/mol. The van der Waals surface area contributed by atoms with E-state index in [1.165, 1.54) is 77.0 Å². The zero-order valence-corrected chi connectivity index (χ0v) is 16.2. The zero-order valence-electron chi connectivity index (χ0n) is 16.2. The van der Waals surface area contributed by atoms with E-state index in [0.717, 1.165) is 11.0 Å². The lowest BCUT2D eigenvalue weighted by atomic mass is 10.00. The predicted octanol–water partition coefficient (Wildman–Crippen LogP) is 6.28. The Morgan fingerprint density at radius 2 is 1.48 bits per heavy atom. The average Bonchev–Trinajstić information content (AvgIpc) is 3.05. The van der Waals surface area contributed by atoms with Crippen molar-refractivity contribution >= 4 is 16.9 Å². The highest BCUT2D eigenvalue weighted by Gasteiger charge is 2.15. The fraction of sp³-hybridized carbons (Fsp3) is 0.714. The number of nitrogens with two attached hydrogens (primary N) is 1. The van der Waals surface area contributed by atoms with Gasteiger partial charge >= 0.3 is 0 Å². The van der Waals surface area contributed by atoms with Crippen molar-refractivity contribution in [2.45, 2.75) is 96.9 Å². The molecule has 0 bridgehead atoms. The molecule has 0 fully saturated rings. The van der Waals surface area contributed by atoms with Crippen LogP contribution in [0.4, 0.5) is 5.82 Å². The third kappa shape index (κ3) is 6.02. The molecule has 140 valence electrons. The highest BCUT2D eigenvalue weighted by atomic mass is 15.1. The van der Waals surface area contributed by atoms with Crippen LogP contribution in [0.2, 0.25) is 0 Å². The van der Waals surface area contributed by atoms with Crippen molar-refractivity contribution in [1.29, 1.82) is 0 Å². The minimum atomic E-state index is 0.537. The predicted molar refractivity (Wildman–Crippen MR) is 108 cm³/mol. The second-order valence-corrected chi connectivity index (χ2v) is 7.28. The summed E-state index contributed by atoms with van der Waals surface area (Å²) < 4.78 is 2.35. The summed E-state index contributed by atoms with van der Waals surface area (Å²) in [5.41, 5.74) is 7.01. The van der Waals surface area contributed by atoms with Crippen LogP contribution in [0.3, 0.4) is 0 Å². The van der Waals surface area contributed by atoms with E-state index in [0.29, 0.717) is 11.9 Å². The summed E-state index contributed by atoms with van der Waals surface area (Å²) in [5, 5.41) is 0.990. The molecule has 4 heteroatoms. The van der Waals surface area contributed by atoms with Crippen LogP contribution in [-0.4, -0.2) is 14.5 Å². The van der Waals surface area contributed by atoms with Gasteiger partial charge in [-0.25, -0.2) is 9.97 Å². The molecular weight excluding hydrogens is 308 g/mol. The molecule has 2 heterocycles. The molecule has 0 aromatic carbocycles. The number of fused-ring (bicyclic) bond motifs is 1. The van der Waals surface area contributed by atoms with E-state index in [2.05, 4.69) is 40.6 Å². The van der Waals surface area contributed by atoms with Crippen LogP contribution in [0.5, 0.6) is 0 Å². The van der Waals surface area contributed by atoms with E-state index in [9.17, 15) is 0 Å². The molecule has 0 saturated heterocycles. The lowest BCUT2D eigenvalue weighted by Gasteiger charge is -2.20. The van der Waals surface area contributed by atoms with Gasteiger partial charge < -0.3 is 10.3 Å². The normalized spacial score (nSPS) is 11.6. The molecule has 4 nitrogen and oxygen atoms in total. The SMILES string of the molecule is CCCCCCCC(CCCCCCC)n1ccc2c(N)ncnc21.